The number of aliphatic hydroxyl groups excluding tert-OH is 1. The molecule has 1 atom stereocenters. The summed E-state index contributed by atoms with van der Waals surface area (Å²) in [6, 6.07) is 12.0. The number of ketones is 1. The summed E-state index contributed by atoms with van der Waals surface area (Å²) in [6.07, 6.45) is -0.000713. The quantitative estimate of drug-likeness (QED) is 0.382. The normalized spacial score (nSPS) is 19.2. The van der Waals surface area contributed by atoms with Crippen LogP contribution in [0.1, 0.15) is 56.3 Å². The largest absolute Gasteiger partial charge is 0.507 e. The van der Waals surface area contributed by atoms with E-state index in [0.29, 0.717) is 23.0 Å². The molecule has 2 heterocycles. The van der Waals surface area contributed by atoms with E-state index in [4.69, 9.17) is 14.2 Å². The fraction of sp³-hybridized carbons (Fsp3) is 0.385. The molecule has 0 aromatic heterocycles. The zero-order chi connectivity index (χ0) is 23.7. The van der Waals surface area contributed by atoms with Crippen LogP contribution >= 0.6 is 0 Å². The van der Waals surface area contributed by atoms with E-state index in [0.717, 1.165) is 11.1 Å². The predicted molar refractivity (Wildman–Crippen MR) is 123 cm³/mol. The first-order valence-electron chi connectivity index (χ1n) is 11.2. The molecule has 0 spiro atoms. The van der Waals surface area contributed by atoms with Crippen LogP contribution in [0.15, 0.2) is 48.0 Å². The number of aliphatic hydroxyl groups is 1. The Bertz CT molecular complexity index is 1090. The van der Waals surface area contributed by atoms with E-state index in [-0.39, 0.29) is 37.4 Å². The highest BCUT2D eigenvalue weighted by Gasteiger charge is 2.46. The van der Waals surface area contributed by atoms with E-state index < -0.39 is 17.7 Å². The number of ether oxygens (including phenoxy) is 3. The number of fused-ring (bicyclic) bond motifs is 1. The Labute approximate surface area is 193 Å². The molecule has 0 bridgehead atoms. The number of Topliss-reactive ketones (excluding diaryl/α,β-unsaturated/α-hetero) is 1. The number of carbonyl (C=O) groups excluding carboxylic acids is 2. The summed E-state index contributed by atoms with van der Waals surface area (Å²) in [4.78, 5) is 27.6. The molecule has 1 amide bonds. The Morgan fingerprint density at radius 2 is 1.76 bits per heavy atom. The Kier molecular flexibility index (Phi) is 6.42. The van der Waals surface area contributed by atoms with E-state index in [2.05, 4.69) is 13.8 Å². The topological polar surface area (TPSA) is 85.3 Å². The number of benzene rings is 2. The first kappa shape index (κ1) is 22.9. The van der Waals surface area contributed by atoms with E-state index in [1.165, 1.54) is 4.90 Å². The van der Waals surface area contributed by atoms with Crippen LogP contribution < -0.4 is 9.47 Å². The van der Waals surface area contributed by atoms with Crippen LogP contribution in [0.3, 0.4) is 0 Å². The van der Waals surface area contributed by atoms with Crippen molar-refractivity contribution in [3.05, 3.63) is 64.7 Å². The van der Waals surface area contributed by atoms with Crippen LogP contribution in [0.4, 0.5) is 0 Å². The van der Waals surface area contributed by atoms with Crippen LogP contribution in [-0.4, -0.2) is 47.7 Å². The van der Waals surface area contributed by atoms with E-state index in [1.807, 2.05) is 38.1 Å². The standard InChI is InChI=1S/C26H29NO6/c1-15(2)17-5-7-18(8-6-17)23-22(25(29)26(30)27(23)11-12-31-16(3)4)24(28)19-9-10-20-21(13-19)33-14-32-20/h5-10,13,15-16,23,28H,11-12,14H2,1-4H3/b24-22-. The summed E-state index contributed by atoms with van der Waals surface area (Å²) in [7, 11) is 0. The van der Waals surface area contributed by atoms with Gasteiger partial charge in [0, 0.05) is 12.1 Å². The maximum Gasteiger partial charge on any atom is 0.295 e. The van der Waals surface area contributed by atoms with E-state index in [9.17, 15) is 14.7 Å². The average Bonchev–Trinajstić information content (AvgIpc) is 3.36. The third kappa shape index (κ3) is 4.46. The van der Waals surface area contributed by atoms with Crippen molar-refractivity contribution >= 4 is 17.4 Å². The van der Waals surface area contributed by atoms with Gasteiger partial charge in [-0.25, -0.2) is 0 Å². The molecular formula is C26H29NO6. The molecule has 1 saturated heterocycles. The third-order valence-electron chi connectivity index (χ3n) is 5.89. The molecule has 0 radical (unpaired) electrons. The fourth-order valence-corrected chi connectivity index (χ4v) is 4.11. The molecule has 33 heavy (non-hydrogen) atoms. The predicted octanol–water partition coefficient (Wildman–Crippen LogP) is 4.39. The van der Waals surface area contributed by atoms with E-state index >= 15 is 0 Å². The highest BCUT2D eigenvalue weighted by molar-refractivity contribution is 6.46. The van der Waals surface area contributed by atoms with E-state index in [1.54, 1.807) is 18.2 Å². The van der Waals surface area contributed by atoms with Crippen LogP contribution in [-0.2, 0) is 14.3 Å². The van der Waals surface area contributed by atoms with Gasteiger partial charge in [0.2, 0.25) is 6.79 Å². The molecule has 174 valence electrons. The van der Waals surface area contributed by atoms with Crippen LogP contribution in [0.25, 0.3) is 5.76 Å². The molecule has 2 aliphatic rings. The molecule has 0 aliphatic carbocycles. The zero-order valence-corrected chi connectivity index (χ0v) is 19.3. The van der Waals surface area contributed by atoms with Gasteiger partial charge in [0.1, 0.15) is 5.76 Å². The van der Waals surface area contributed by atoms with Gasteiger partial charge in [0.25, 0.3) is 11.7 Å². The first-order chi connectivity index (χ1) is 15.8. The van der Waals surface area contributed by atoms with Gasteiger partial charge in [-0.05, 0) is 49.1 Å². The SMILES string of the molecule is CC(C)OCCN1C(=O)C(=O)/C(=C(\O)c2ccc3c(c2)OCO3)C1c1ccc(C(C)C)cc1. The van der Waals surface area contributed by atoms with Crippen LogP contribution in [0.2, 0.25) is 0 Å². The lowest BCUT2D eigenvalue weighted by molar-refractivity contribution is -0.140. The Morgan fingerprint density at radius 1 is 1.06 bits per heavy atom. The van der Waals surface area contributed by atoms with Gasteiger partial charge < -0.3 is 24.2 Å². The smallest absolute Gasteiger partial charge is 0.295 e. The second-order valence-corrected chi connectivity index (χ2v) is 8.80. The minimum absolute atomic E-state index is 0.000713. The summed E-state index contributed by atoms with van der Waals surface area (Å²) < 4.78 is 16.4. The molecular weight excluding hydrogens is 422 g/mol. The highest BCUT2D eigenvalue weighted by Crippen LogP contribution is 2.41. The van der Waals surface area contributed by atoms with Gasteiger partial charge in [-0.15, -0.1) is 0 Å². The molecule has 1 unspecified atom stereocenters. The Morgan fingerprint density at radius 3 is 2.42 bits per heavy atom. The molecule has 2 aromatic carbocycles. The lowest BCUT2D eigenvalue weighted by atomic mass is 9.93. The number of carbonyl (C=O) groups is 2. The van der Waals surface area contributed by atoms with Gasteiger partial charge in [-0.2, -0.15) is 0 Å². The van der Waals surface area contributed by atoms with Crippen molar-refractivity contribution in [2.45, 2.75) is 45.8 Å². The average molecular weight is 452 g/mol. The molecule has 2 aliphatic heterocycles. The van der Waals surface area contributed by atoms with Crippen molar-refractivity contribution < 1.29 is 28.9 Å². The molecule has 7 heteroatoms. The molecule has 4 rings (SSSR count). The number of hydrogen-bond donors (Lipinski definition) is 1. The minimum atomic E-state index is -0.715. The Hall–Kier alpha value is -3.32. The van der Waals surface area contributed by atoms with Crippen molar-refractivity contribution in [3.63, 3.8) is 0 Å². The monoisotopic (exact) mass is 451 g/mol. The lowest BCUT2D eigenvalue weighted by Gasteiger charge is -2.26. The number of rotatable bonds is 7. The van der Waals surface area contributed by atoms with Crippen LogP contribution in [0, 0.1) is 0 Å². The van der Waals surface area contributed by atoms with Crippen molar-refractivity contribution in [3.8, 4) is 11.5 Å². The van der Waals surface area contributed by atoms with Gasteiger partial charge in [-0.1, -0.05) is 38.1 Å². The first-order valence-corrected chi connectivity index (χ1v) is 11.2. The maximum atomic E-state index is 13.1. The van der Waals surface area contributed by atoms with Crippen molar-refractivity contribution in [1.29, 1.82) is 0 Å². The number of hydrogen-bond acceptors (Lipinski definition) is 6. The summed E-state index contributed by atoms with van der Waals surface area (Å²) in [5, 5.41) is 11.2. The fourth-order valence-electron chi connectivity index (χ4n) is 4.11. The minimum Gasteiger partial charge on any atom is -0.507 e. The van der Waals surface area contributed by atoms with Crippen molar-refractivity contribution in [2.24, 2.45) is 0 Å². The van der Waals surface area contributed by atoms with Crippen molar-refractivity contribution in [2.75, 3.05) is 19.9 Å². The summed E-state index contributed by atoms with van der Waals surface area (Å²) in [5.41, 5.74) is 2.35. The summed E-state index contributed by atoms with van der Waals surface area (Å²) in [5.74, 6) is -0.208. The van der Waals surface area contributed by atoms with Gasteiger partial charge in [-0.3, -0.25) is 9.59 Å². The van der Waals surface area contributed by atoms with Gasteiger partial charge in [0.05, 0.1) is 24.3 Å². The van der Waals surface area contributed by atoms with Crippen molar-refractivity contribution in [1.82, 2.24) is 4.90 Å². The number of amides is 1. The summed E-state index contributed by atoms with van der Waals surface area (Å²) >= 11 is 0. The highest BCUT2D eigenvalue weighted by atomic mass is 16.7. The Balaban J connectivity index is 1.78. The number of likely N-dealkylation sites (tertiary alicyclic amines) is 1. The van der Waals surface area contributed by atoms with Crippen LogP contribution in [0.5, 0.6) is 11.5 Å². The second kappa shape index (κ2) is 9.27. The second-order valence-electron chi connectivity index (χ2n) is 8.80. The molecule has 0 saturated carbocycles. The third-order valence-corrected chi connectivity index (χ3v) is 5.89. The maximum absolute atomic E-state index is 13.1. The molecule has 1 fully saturated rings. The number of nitrogens with zero attached hydrogens (tertiary/aromatic N) is 1. The molecule has 1 N–H and O–H groups in total. The lowest BCUT2D eigenvalue weighted by Crippen LogP contribution is -2.33. The van der Waals surface area contributed by atoms with Gasteiger partial charge >= 0.3 is 0 Å². The molecule has 2 aromatic rings. The van der Waals surface area contributed by atoms with Gasteiger partial charge in [0.15, 0.2) is 11.5 Å². The zero-order valence-electron chi connectivity index (χ0n) is 19.3. The molecule has 7 nitrogen and oxygen atoms in total. The summed E-state index contributed by atoms with van der Waals surface area (Å²) in [6.45, 7) is 8.65.